The van der Waals surface area contributed by atoms with Crippen molar-refractivity contribution >= 4 is 0 Å². The number of hydrogen-bond donors (Lipinski definition) is 1. The summed E-state index contributed by atoms with van der Waals surface area (Å²) in [6, 6.07) is 0. The normalized spacial score (nSPS) is 21.0. The number of halogens is 1. The van der Waals surface area contributed by atoms with Crippen molar-refractivity contribution in [3.8, 4) is 0 Å². The fraction of sp³-hybridized carbons (Fsp3) is 1.00. The van der Waals surface area contributed by atoms with Gasteiger partial charge in [-0.15, -0.1) is 0 Å². The molecule has 0 saturated carbocycles. The Kier molecular flexibility index (Phi) is 6.17. The van der Waals surface area contributed by atoms with Crippen LogP contribution in [0.25, 0.3) is 0 Å². The SMILES string of the molecule is CCCCCCC(F)C1CCNCC1. The summed E-state index contributed by atoms with van der Waals surface area (Å²) in [4.78, 5) is 0. The molecule has 0 spiro atoms. The van der Waals surface area contributed by atoms with Gasteiger partial charge < -0.3 is 5.32 Å². The van der Waals surface area contributed by atoms with Gasteiger partial charge >= 0.3 is 0 Å². The average Bonchev–Trinajstić information content (AvgIpc) is 2.25. The lowest BCUT2D eigenvalue weighted by Gasteiger charge is -2.25. The zero-order valence-corrected chi connectivity index (χ0v) is 9.40. The van der Waals surface area contributed by atoms with E-state index in [0.29, 0.717) is 5.92 Å². The predicted octanol–water partition coefficient (Wildman–Crippen LogP) is 3.29. The Hall–Kier alpha value is -0.110. The van der Waals surface area contributed by atoms with E-state index in [2.05, 4.69) is 12.2 Å². The second kappa shape index (κ2) is 7.22. The van der Waals surface area contributed by atoms with E-state index in [1.54, 1.807) is 0 Å². The third-order valence-corrected chi connectivity index (χ3v) is 3.23. The maximum Gasteiger partial charge on any atom is 0.103 e. The molecule has 0 aromatic rings. The van der Waals surface area contributed by atoms with Crippen molar-refractivity contribution in [2.75, 3.05) is 13.1 Å². The Morgan fingerprint density at radius 2 is 1.93 bits per heavy atom. The van der Waals surface area contributed by atoms with Gasteiger partial charge in [-0.25, -0.2) is 4.39 Å². The summed E-state index contributed by atoms with van der Waals surface area (Å²) in [5, 5.41) is 3.28. The highest BCUT2D eigenvalue weighted by Gasteiger charge is 2.22. The van der Waals surface area contributed by atoms with Crippen molar-refractivity contribution < 1.29 is 4.39 Å². The van der Waals surface area contributed by atoms with E-state index in [1.165, 1.54) is 19.3 Å². The number of alkyl halides is 1. The van der Waals surface area contributed by atoms with E-state index in [9.17, 15) is 4.39 Å². The molecular weight excluding hydrogens is 177 g/mol. The van der Waals surface area contributed by atoms with Crippen LogP contribution in [0.4, 0.5) is 4.39 Å². The number of unbranched alkanes of at least 4 members (excludes halogenated alkanes) is 3. The topological polar surface area (TPSA) is 12.0 Å². The summed E-state index contributed by atoms with van der Waals surface area (Å²) >= 11 is 0. The minimum Gasteiger partial charge on any atom is -0.317 e. The smallest absolute Gasteiger partial charge is 0.103 e. The Labute approximate surface area is 87.5 Å². The summed E-state index contributed by atoms with van der Waals surface area (Å²) in [5.74, 6) is 0.345. The lowest BCUT2D eigenvalue weighted by molar-refractivity contribution is 0.173. The molecule has 1 aliphatic heterocycles. The van der Waals surface area contributed by atoms with Gasteiger partial charge in [0.15, 0.2) is 0 Å². The molecule has 2 heteroatoms. The summed E-state index contributed by atoms with van der Waals surface area (Å²) in [7, 11) is 0. The van der Waals surface area contributed by atoms with Crippen LogP contribution in [-0.2, 0) is 0 Å². The molecule has 1 heterocycles. The number of rotatable bonds is 6. The first-order valence-corrected chi connectivity index (χ1v) is 6.19. The van der Waals surface area contributed by atoms with E-state index >= 15 is 0 Å². The molecule has 1 fully saturated rings. The highest BCUT2D eigenvalue weighted by molar-refractivity contribution is 4.75. The zero-order chi connectivity index (χ0) is 10.2. The van der Waals surface area contributed by atoms with Gasteiger partial charge in [0.05, 0.1) is 0 Å². The van der Waals surface area contributed by atoms with Crippen LogP contribution < -0.4 is 5.32 Å². The minimum absolute atomic E-state index is 0.345. The molecule has 1 rings (SSSR count). The number of piperidine rings is 1. The first kappa shape index (κ1) is 12.0. The van der Waals surface area contributed by atoms with Crippen molar-refractivity contribution in [3.05, 3.63) is 0 Å². The van der Waals surface area contributed by atoms with Gasteiger partial charge in [-0.05, 0) is 38.3 Å². The maximum atomic E-state index is 13.7. The predicted molar refractivity (Wildman–Crippen MR) is 59.2 cm³/mol. The lowest BCUT2D eigenvalue weighted by Crippen LogP contribution is -2.32. The molecule has 0 radical (unpaired) electrons. The molecule has 14 heavy (non-hydrogen) atoms. The molecule has 1 unspecified atom stereocenters. The first-order valence-electron chi connectivity index (χ1n) is 6.19. The summed E-state index contributed by atoms with van der Waals surface area (Å²) < 4.78 is 13.7. The van der Waals surface area contributed by atoms with E-state index in [1.807, 2.05) is 0 Å². The quantitative estimate of drug-likeness (QED) is 0.650. The Bertz CT molecular complexity index is 132. The van der Waals surface area contributed by atoms with Crippen LogP contribution in [0.15, 0.2) is 0 Å². The molecule has 0 aromatic heterocycles. The second-order valence-corrected chi connectivity index (χ2v) is 4.45. The van der Waals surface area contributed by atoms with Crippen molar-refractivity contribution in [3.63, 3.8) is 0 Å². The summed E-state index contributed by atoms with van der Waals surface area (Å²) in [6.45, 7) is 4.22. The molecule has 0 aliphatic carbocycles. The van der Waals surface area contributed by atoms with Gasteiger partial charge in [0.1, 0.15) is 6.17 Å². The Balaban J connectivity index is 2.04. The van der Waals surface area contributed by atoms with Gasteiger partial charge in [0.2, 0.25) is 0 Å². The summed E-state index contributed by atoms with van der Waals surface area (Å²) in [6.07, 6.45) is 7.13. The molecule has 1 atom stereocenters. The standard InChI is InChI=1S/C12H24FN/c1-2-3-4-5-6-12(13)11-7-9-14-10-8-11/h11-12,14H,2-10H2,1H3. The van der Waals surface area contributed by atoms with Gasteiger partial charge in [0.25, 0.3) is 0 Å². The van der Waals surface area contributed by atoms with E-state index in [4.69, 9.17) is 0 Å². The fourth-order valence-corrected chi connectivity index (χ4v) is 2.21. The van der Waals surface area contributed by atoms with E-state index in [0.717, 1.165) is 38.8 Å². The number of hydrogen-bond acceptors (Lipinski definition) is 1. The monoisotopic (exact) mass is 201 g/mol. The van der Waals surface area contributed by atoms with E-state index < -0.39 is 6.17 Å². The molecular formula is C12H24FN. The van der Waals surface area contributed by atoms with Crippen molar-refractivity contribution in [2.45, 2.75) is 58.0 Å². The molecule has 1 aliphatic rings. The van der Waals surface area contributed by atoms with Crippen LogP contribution in [0.3, 0.4) is 0 Å². The maximum absolute atomic E-state index is 13.7. The molecule has 0 aromatic carbocycles. The highest BCUT2D eigenvalue weighted by atomic mass is 19.1. The Morgan fingerprint density at radius 3 is 2.57 bits per heavy atom. The molecule has 0 bridgehead atoms. The van der Waals surface area contributed by atoms with Crippen molar-refractivity contribution in [1.29, 1.82) is 0 Å². The molecule has 1 nitrogen and oxygen atoms in total. The van der Waals surface area contributed by atoms with Gasteiger partial charge in [-0.1, -0.05) is 32.6 Å². The molecule has 0 amide bonds. The van der Waals surface area contributed by atoms with Crippen LogP contribution in [0, 0.1) is 5.92 Å². The number of nitrogens with one attached hydrogen (secondary N) is 1. The highest BCUT2D eigenvalue weighted by Crippen LogP contribution is 2.23. The van der Waals surface area contributed by atoms with Crippen LogP contribution in [-0.4, -0.2) is 19.3 Å². The zero-order valence-electron chi connectivity index (χ0n) is 9.40. The van der Waals surface area contributed by atoms with Crippen molar-refractivity contribution in [1.82, 2.24) is 5.32 Å². The summed E-state index contributed by atoms with van der Waals surface area (Å²) in [5.41, 5.74) is 0. The van der Waals surface area contributed by atoms with Crippen LogP contribution >= 0.6 is 0 Å². The third-order valence-electron chi connectivity index (χ3n) is 3.23. The van der Waals surface area contributed by atoms with Gasteiger partial charge in [-0.3, -0.25) is 0 Å². The second-order valence-electron chi connectivity index (χ2n) is 4.45. The third kappa shape index (κ3) is 4.41. The van der Waals surface area contributed by atoms with E-state index in [-0.39, 0.29) is 0 Å². The first-order chi connectivity index (χ1) is 6.84. The van der Waals surface area contributed by atoms with Gasteiger partial charge in [0, 0.05) is 0 Å². The largest absolute Gasteiger partial charge is 0.317 e. The average molecular weight is 201 g/mol. The molecule has 1 N–H and O–H groups in total. The van der Waals surface area contributed by atoms with Crippen molar-refractivity contribution in [2.24, 2.45) is 5.92 Å². The molecule has 84 valence electrons. The molecule has 1 saturated heterocycles. The van der Waals surface area contributed by atoms with Crippen LogP contribution in [0.2, 0.25) is 0 Å². The van der Waals surface area contributed by atoms with Gasteiger partial charge in [-0.2, -0.15) is 0 Å². The minimum atomic E-state index is -0.533. The fourth-order valence-electron chi connectivity index (χ4n) is 2.21. The lowest BCUT2D eigenvalue weighted by atomic mass is 9.90. The van der Waals surface area contributed by atoms with Crippen LogP contribution in [0.5, 0.6) is 0 Å². The van der Waals surface area contributed by atoms with Crippen LogP contribution in [0.1, 0.15) is 51.9 Å². The Morgan fingerprint density at radius 1 is 1.21 bits per heavy atom.